The van der Waals surface area contributed by atoms with Gasteiger partial charge in [-0.1, -0.05) is 12.1 Å². The van der Waals surface area contributed by atoms with Crippen LogP contribution in [-0.2, 0) is 6.42 Å². The SMILES string of the molecule is O=C(c1cnn2ccccc12)N1CCc2[nH]cnc2[C@H]1c1cn2ccccc2n1. The van der Waals surface area contributed by atoms with E-state index in [9.17, 15) is 4.79 Å². The molecule has 29 heavy (non-hydrogen) atoms. The first kappa shape index (κ1) is 16.1. The first-order valence-electron chi connectivity index (χ1n) is 9.49. The summed E-state index contributed by atoms with van der Waals surface area (Å²) >= 11 is 0. The molecule has 0 fully saturated rings. The molecule has 5 aromatic heterocycles. The van der Waals surface area contributed by atoms with Gasteiger partial charge in [0.15, 0.2) is 0 Å². The molecule has 0 bridgehead atoms. The van der Waals surface area contributed by atoms with Crippen molar-refractivity contribution in [2.75, 3.05) is 6.54 Å². The summed E-state index contributed by atoms with van der Waals surface area (Å²) < 4.78 is 3.69. The van der Waals surface area contributed by atoms with E-state index in [2.05, 4.69) is 15.1 Å². The number of aromatic nitrogens is 6. The minimum Gasteiger partial charge on any atom is -0.348 e. The monoisotopic (exact) mass is 383 g/mol. The zero-order valence-corrected chi connectivity index (χ0v) is 15.4. The van der Waals surface area contributed by atoms with Crippen LogP contribution in [-0.4, -0.2) is 46.3 Å². The lowest BCUT2D eigenvalue weighted by molar-refractivity contribution is 0.0689. The third-order valence-electron chi connectivity index (χ3n) is 5.51. The Morgan fingerprint density at radius 2 is 2.03 bits per heavy atom. The Labute approximate surface area is 165 Å². The zero-order valence-electron chi connectivity index (χ0n) is 15.4. The van der Waals surface area contributed by atoms with Crippen molar-refractivity contribution in [3.8, 4) is 0 Å². The molecule has 0 aromatic carbocycles. The van der Waals surface area contributed by atoms with Gasteiger partial charge in [-0.2, -0.15) is 5.10 Å². The lowest BCUT2D eigenvalue weighted by atomic mass is 9.99. The van der Waals surface area contributed by atoms with Gasteiger partial charge < -0.3 is 14.3 Å². The zero-order chi connectivity index (χ0) is 19.4. The van der Waals surface area contributed by atoms with Gasteiger partial charge >= 0.3 is 0 Å². The van der Waals surface area contributed by atoms with Crippen molar-refractivity contribution in [2.24, 2.45) is 0 Å². The number of H-pyrrole nitrogens is 1. The maximum Gasteiger partial charge on any atom is 0.258 e. The standard InChI is InChI=1S/C21H17N7O/c29-21(14-11-24-28-9-4-1-5-17(14)28)27-10-7-15-19(23-13-22-15)20(27)16-12-26-8-3-2-6-18(26)25-16/h1-6,8-9,11-13,20H,7,10H2,(H,22,23)/t20-/m1/s1. The first-order valence-corrected chi connectivity index (χ1v) is 9.49. The fraction of sp³-hybridized carbons (Fsp3) is 0.143. The maximum absolute atomic E-state index is 13.6. The van der Waals surface area contributed by atoms with Gasteiger partial charge in [-0.15, -0.1) is 0 Å². The number of carbonyl (C=O) groups is 1. The molecule has 6 heterocycles. The largest absolute Gasteiger partial charge is 0.348 e. The summed E-state index contributed by atoms with van der Waals surface area (Å²) in [4.78, 5) is 28.0. The molecule has 0 aliphatic carbocycles. The predicted molar refractivity (Wildman–Crippen MR) is 106 cm³/mol. The summed E-state index contributed by atoms with van der Waals surface area (Å²) in [5.74, 6) is -0.0677. The molecule has 1 amide bonds. The Morgan fingerprint density at radius 3 is 2.97 bits per heavy atom. The molecule has 1 N–H and O–H groups in total. The predicted octanol–water partition coefficient (Wildman–Crippen LogP) is 2.49. The highest BCUT2D eigenvalue weighted by atomic mass is 16.2. The highest BCUT2D eigenvalue weighted by Crippen LogP contribution is 2.34. The van der Waals surface area contributed by atoms with E-state index in [-0.39, 0.29) is 11.9 Å². The van der Waals surface area contributed by atoms with Crippen molar-refractivity contribution in [3.05, 3.63) is 90.2 Å². The summed E-state index contributed by atoms with van der Waals surface area (Å²) in [5.41, 5.74) is 4.92. The smallest absolute Gasteiger partial charge is 0.258 e. The fourth-order valence-corrected chi connectivity index (χ4v) is 4.14. The number of amides is 1. The van der Waals surface area contributed by atoms with Gasteiger partial charge in [0.2, 0.25) is 0 Å². The first-order chi connectivity index (χ1) is 14.3. The van der Waals surface area contributed by atoms with Crippen molar-refractivity contribution >= 4 is 17.1 Å². The second-order valence-electron chi connectivity index (χ2n) is 7.14. The van der Waals surface area contributed by atoms with Crippen LogP contribution >= 0.6 is 0 Å². The molecular weight excluding hydrogens is 366 g/mol. The van der Waals surface area contributed by atoms with Gasteiger partial charge in [0.1, 0.15) is 11.7 Å². The van der Waals surface area contributed by atoms with Crippen molar-refractivity contribution in [1.29, 1.82) is 0 Å². The Balaban J connectivity index is 1.49. The molecular formula is C21H17N7O. The molecule has 0 saturated heterocycles. The molecule has 8 heteroatoms. The molecule has 1 aliphatic heterocycles. The highest BCUT2D eigenvalue weighted by Gasteiger charge is 2.36. The number of nitrogens with one attached hydrogen (secondary N) is 1. The molecule has 8 nitrogen and oxygen atoms in total. The minimum atomic E-state index is -0.351. The number of fused-ring (bicyclic) bond motifs is 3. The van der Waals surface area contributed by atoms with Crippen LogP contribution in [0.25, 0.3) is 11.2 Å². The van der Waals surface area contributed by atoms with Crippen LogP contribution in [0.4, 0.5) is 0 Å². The minimum absolute atomic E-state index is 0.0677. The van der Waals surface area contributed by atoms with E-state index in [0.717, 1.165) is 34.7 Å². The Morgan fingerprint density at radius 1 is 1.14 bits per heavy atom. The molecule has 6 rings (SSSR count). The lowest BCUT2D eigenvalue weighted by Crippen LogP contribution is -2.41. The topological polar surface area (TPSA) is 83.6 Å². The molecule has 1 aliphatic rings. The van der Waals surface area contributed by atoms with E-state index in [1.54, 1.807) is 17.0 Å². The Bertz CT molecular complexity index is 1330. The Hall–Kier alpha value is -3.94. The van der Waals surface area contributed by atoms with E-state index in [1.807, 2.05) is 64.3 Å². The van der Waals surface area contributed by atoms with Crippen LogP contribution in [0.3, 0.4) is 0 Å². The number of nitrogens with zero attached hydrogens (tertiary/aromatic N) is 6. The molecule has 0 unspecified atom stereocenters. The van der Waals surface area contributed by atoms with Gasteiger partial charge in [-0.25, -0.2) is 14.5 Å². The Kier molecular flexibility index (Phi) is 3.34. The van der Waals surface area contributed by atoms with E-state index >= 15 is 0 Å². The van der Waals surface area contributed by atoms with Gasteiger partial charge in [0.25, 0.3) is 5.91 Å². The van der Waals surface area contributed by atoms with Crippen LogP contribution in [0, 0.1) is 0 Å². The summed E-state index contributed by atoms with van der Waals surface area (Å²) in [6.45, 7) is 0.580. The van der Waals surface area contributed by atoms with Crippen molar-refractivity contribution in [2.45, 2.75) is 12.5 Å². The molecule has 0 saturated carbocycles. The summed E-state index contributed by atoms with van der Waals surface area (Å²) in [7, 11) is 0. The average molecular weight is 383 g/mol. The normalized spacial score (nSPS) is 16.4. The quantitative estimate of drug-likeness (QED) is 0.508. The van der Waals surface area contributed by atoms with Gasteiger partial charge in [0.05, 0.1) is 35.0 Å². The van der Waals surface area contributed by atoms with Crippen LogP contribution in [0.5, 0.6) is 0 Å². The second kappa shape index (κ2) is 6.03. The number of rotatable bonds is 2. The molecule has 5 aromatic rings. The van der Waals surface area contributed by atoms with Crippen molar-refractivity contribution < 1.29 is 4.79 Å². The van der Waals surface area contributed by atoms with E-state index in [0.29, 0.717) is 12.1 Å². The van der Waals surface area contributed by atoms with Crippen molar-refractivity contribution in [3.63, 3.8) is 0 Å². The second-order valence-corrected chi connectivity index (χ2v) is 7.14. The number of carbonyl (C=O) groups excluding carboxylic acids is 1. The number of imidazole rings is 2. The molecule has 142 valence electrons. The highest BCUT2D eigenvalue weighted by molar-refractivity contribution is 6.01. The molecule has 1 atom stereocenters. The summed E-state index contributed by atoms with van der Waals surface area (Å²) in [6.07, 6.45) is 9.82. The third-order valence-corrected chi connectivity index (χ3v) is 5.51. The average Bonchev–Trinajstić information content (AvgIpc) is 3.49. The van der Waals surface area contributed by atoms with Crippen LogP contribution in [0.2, 0.25) is 0 Å². The van der Waals surface area contributed by atoms with E-state index in [4.69, 9.17) is 4.98 Å². The van der Waals surface area contributed by atoms with E-state index in [1.165, 1.54) is 0 Å². The number of pyridine rings is 2. The van der Waals surface area contributed by atoms with E-state index < -0.39 is 0 Å². The summed E-state index contributed by atoms with van der Waals surface area (Å²) in [5, 5.41) is 4.33. The molecule has 0 radical (unpaired) electrons. The van der Waals surface area contributed by atoms with Crippen LogP contribution < -0.4 is 0 Å². The van der Waals surface area contributed by atoms with Crippen LogP contribution in [0.15, 0.2) is 67.5 Å². The number of hydrogen-bond donors (Lipinski definition) is 1. The number of aromatic amines is 1. The van der Waals surface area contributed by atoms with Gasteiger partial charge in [-0.05, 0) is 24.3 Å². The fourth-order valence-electron chi connectivity index (χ4n) is 4.14. The molecule has 0 spiro atoms. The summed E-state index contributed by atoms with van der Waals surface area (Å²) in [6, 6.07) is 11.2. The lowest BCUT2D eigenvalue weighted by Gasteiger charge is -2.33. The van der Waals surface area contributed by atoms with Gasteiger partial charge in [-0.3, -0.25) is 4.79 Å². The van der Waals surface area contributed by atoms with Crippen molar-refractivity contribution in [1.82, 2.24) is 33.9 Å². The maximum atomic E-state index is 13.6. The number of hydrogen-bond acceptors (Lipinski definition) is 4. The van der Waals surface area contributed by atoms with Crippen LogP contribution in [0.1, 0.15) is 33.5 Å². The third kappa shape index (κ3) is 2.39. The van der Waals surface area contributed by atoms with Gasteiger partial charge in [0, 0.05) is 37.3 Å².